The zero-order valence-corrected chi connectivity index (χ0v) is 13.6. The molecule has 1 N–H and O–H groups in total. The van der Waals surface area contributed by atoms with Crippen molar-refractivity contribution in [2.45, 2.75) is 13.5 Å². The van der Waals surface area contributed by atoms with Crippen molar-refractivity contribution in [2.24, 2.45) is 0 Å². The number of anilines is 1. The van der Waals surface area contributed by atoms with Gasteiger partial charge < -0.3 is 10.1 Å². The molecule has 0 bridgehead atoms. The molecule has 0 spiro atoms. The van der Waals surface area contributed by atoms with Gasteiger partial charge in [-0.2, -0.15) is 4.98 Å². The van der Waals surface area contributed by atoms with Crippen molar-refractivity contribution in [2.75, 3.05) is 12.4 Å². The Labute approximate surface area is 129 Å². The van der Waals surface area contributed by atoms with E-state index in [1.165, 1.54) is 5.56 Å². The molecule has 0 fully saturated rings. The van der Waals surface area contributed by atoms with Crippen molar-refractivity contribution >= 4 is 37.9 Å². The maximum atomic E-state index is 5.35. The Kier molecular flexibility index (Phi) is 3.67. The summed E-state index contributed by atoms with van der Waals surface area (Å²) in [5, 5.41) is 5.44. The first-order chi connectivity index (χ1) is 9.69. The van der Waals surface area contributed by atoms with E-state index >= 15 is 0 Å². The monoisotopic (exact) mass is 351 g/mol. The van der Waals surface area contributed by atoms with Crippen LogP contribution in [0.25, 0.3) is 4.96 Å². The molecule has 20 heavy (non-hydrogen) atoms. The predicted octanol–water partition coefficient (Wildman–Crippen LogP) is 4.09. The van der Waals surface area contributed by atoms with Gasteiger partial charge in [0.15, 0.2) is 4.96 Å². The van der Waals surface area contributed by atoms with Crippen molar-refractivity contribution < 1.29 is 4.74 Å². The Morgan fingerprint density at radius 1 is 1.45 bits per heavy atom. The zero-order chi connectivity index (χ0) is 14.1. The maximum absolute atomic E-state index is 5.35. The lowest BCUT2D eigenvalue weighted by atomic mass is 10.2. The second kappa shape index (κ2) is 5.46. The molecule has 0 amide bonds. The number of thiazole rings is 1. The molecule has 104 valence electrons. The number of imidazole rings is 1. The molecule has 0 saturated carbocycles. The fourth-order valence-corrected chi connectivity index (χ4v) is 3.44. The summed E-state index contributed by atoms with van der Waals surface area (Å²) in [6, 6.07) is 6.24. The Bertz CT molecular complexity index is 750. The molecule has 4 nitrogen and oxygen atoms in total. The fourth-order valence-electron chi connectivity index (χ4n) is 2.08. The van der Waals surface area contributed by atoms with Crippen LogP contribution in [-0.2, 0) is 6.54 Å². The van der Waals surface area contributed by atoms with Gasteiger partial charge >= 0.3 is 0 Å². The number of benzene rings is 1. The van der Waals surface area contributed by atoms with E-state index in [-0.39, 0.29) is 0 Å². The van der Waals surface area contributed by atoms with Crippen LogP contribution in [0.15, 0.2) is 34.2 Å². The minimum Gasteiger partial charge on any atom is -0.480 e. The SMILES string of the molecule is COc1nc2sccn2c1CNc1ccc(C)cc1Br. The van der Waals surface area contributed by atoms with Crippen LogP contribution >= 0.6 is 27.3 Å². The normalized spacial score (nSPS) is 10.9. The Balaban J connectivity index is 1.87. The van der Waals surface area contributed by atoms with E-state index in [0.717, 1.165) is 20.8 Å². The van der Waals surface area contributed by atoms with E-state index in [9.17, 15) is 0 Å². The molecule has 2 heterocycles. The number of nitrogens with one attached hydrogen (secondary N) is 1. The van der Waals surface area contributed by atoms with E-state index in [4.69, 9.17) is 4.74 Å². The van der Waals surface area contributed by atoms with Crippen LogP contribution in [0.1, 0.15) is 11.3 Å². The van der Waals surface area contributed by atoms with E-state index in [0.29, 0.717) is 12.4 Å². The molecule has 0 atom stereocenters. The minimum atomic E-state index is 0.655. The topological polar surface area (TPSA) is 38.6 Å². The molecule has 6 heteroatoms. The van der Waals surface area contributed by atoms with Gasteiger partial charge in [-0.1, -0.05) is 6.07 Å². The minimum absolute atomic E-state index is 0.655. The summed E-state index contributed by atoms with van der Waals surface area (Å²) < 4.78 is 8.46. The largest absolute Gasteiger partial charge is 0.480 e. The van der Waals surface area contributed by atoms with Crippen LogP contribution in [0, 0.1) is 6.92 Å². The first-order valence-corrected chi connectivity index (χ1v) is 7.84. The average molecular weight is 352 g/mol. The van der Waals surface area contributed by atoms with Crippen molar-refractivity contribution in [3.8, 4) is 5.88 Å². The molecule has 0 aliphatic carbocycles. The molecule has 0 radical (unpaired) electrons. The van der Waals surface area contributed by atoms with Crippen LogP contribution < -0.4 is 10.1 Å². The number of hydrogen-bond acceptors (Lipinski definition) is 4. The lowest BCUT2D eigenvalue weighted by molar-refractivity contribution is 0.395. The average Bonchev–Trinajstić information content (AvgIpc) is 2.98. The van der Waals surface area contributed by atoms with Gasteiger partial charge in [-0.25, -0.2) is 0 Å². The number of fused-ring (bicyclic) bond motifs is 1. The molecule has 2 aromatic heterocycles. The third-order valence-corrected chi connectivity index (χ3v) is 4.50. The third-order valence-electron chi connectivity index (χ3n) is 3.09. The van der Waals surface area contributed by atoms with E-state index in [1.807, 2.05) is 11.6 Å². The quantitative estimate of drug-likeness (QED) is 0.769. The summed E-state index contributed by atoms with van der Waals surface area (Å²) in [6.45, 7) is 2.73. The summed E-state index contributed by atoms with van der Waals surface area (Å²) in [4.78, 5) is 5.39. The predicted molar refractivity (Wildman–Crippen MR) is 85.8 cm³/mol. The highest BCUT2D eigenvalue weighted by Crippen LogP contribution is 2.27. The van der Waals surface area contributed by atoms with E-state index < -0.39 is 0 Å². The number of halogens is 1. The zero-order valence-electron chi connectivity index (χ0n) is 11.2. The van der Waals surface area contributed by atoms with Crippen molar-refractivity contribution in [3.63, 3.8) is 0 Å². The highest BCUT2D eigenvalue weighted by Gasteiger charge is 2.13. The van der Waals surface area contributed by atoms with E-state index in [2.05, 4.69) is 55.8 Å². The molecule has 0 aliphatic rings. The van der Waals surface area contributed by atoms with Gasteiger partial charge in [-0.15, -0.1) is 11.3 Å². The number of ether oxygens (including phenoxy) is 1. The molecule has 1 aromatic carbocycles. The number of rotatable bonds is 4. The van der Waals surface area contributed by atoms with Crippen molar-refractivity contribution in [3.05, 3.63) is 45.5 Å². The van der Waals surface area contributed by atoms with Crippen LogP contribution in [0.5, 0.6) is 5.88 Å². The van der Waals surface area contributed by atoms with Gasteiger partial charge in [0.2, 0.25) is 5.88 Å². The first-order valence-electron chi connectivity index (χ1n) is 6.17. The molecule has 0 saturated heterocycles. The van der Waals surface area contributed by atoms with E-state index in [1.54, 1.807) is 18.4 Å². The van der Waals surface area contributed by atoms with Crippen LogP contribution in [-0.4, -0.2) is 16.5 Å². The number of nitrogens with zero attached hydrogens (tertiary/aromatic N) is 2. The van der Waals surface area contributed by atoms with Gasteiger partial charge in [0.05, 0.1) is 13.7 Å². The summed E-state index contributed by atoms with van der Waals surface area (Å²) in [6.07, 6.45) is 2.01. The Morgan fingerprint density at radius 3 is 3.05 bits per heavy atom. The summed E-state index contributed by atoms with van der Waals surface area (Å²) in [5.41, 5.74) is 3.31. The number of hydrogen-bond donors (Lipinski definition) is 1. The second-order valence-corrected chi connectivity index (χ2v) is 6.19. The molecular formula is C14H14BrN3OS. The summed E-state index contributed by atoms with van der Waals surface area (Å²) >= 11 is 5.17. The summed E-state index contributed by atoms with van der Waals surface area (Å²) in [7, 11) is 1.65. The highest BCUT2D eigenvalue weighted by atomic mass is 79.9. The molecular weight excluding hydrogens is 338 g/mol. The smallest absolute Gasteiger partial charge is 0.238 e. The number of aromatic nitrogens is 2. The molecule has 3 aromatic rings. The Morgan fingerprint density at radius 2 is 2.30 bits per heavy atom. The molecule has 0 unspecified atom stereocenters. The summed E-state index contributed by atoms with van der Waals surface area (Å²) in [5.74, 6) is 0.674. The fraction of sp³-hybridized carbons (Fsp3) is 0.214. The Hall–Kier alpha value is -1.53. The van der Waals surface area contributed by atoms with Crippen molar-refractivity contribution in [1.82, 2.24) is 9.38 Å². The van der Waals surface area contributed by atoms with Gasteiger partial charge in [-0.05, 0) is 40.5 Å². The standard InChI is InChI=1S/C14H14BrN3OS/c1-9-3-4-11(10(15)7-9)16-8-12-13(19-2)17-14-18(12)5-6-20-14/h3-7,16H,8H2,1-2H3. The van der Waals surface area contributed by atoms with Crippen LogP contribution in [0.3, 0.4) is 0 Å². The first kappa shape index (κ1) is 13.5. The highest BCUT2D eigenvalue weighted by molar-refractivity contribution is 9.10. The molecule has 0 aliphatic heterocycles. The number of methoxy groups -OCH3 is 1. The van der Waals surface area contributed by atoms with Gasteiger partial charge in [0.25, 0.3) is 0 Å². The van der Waals surface area contributed by atoms with Crippen LogP contribution in [0.4, 0.5) is 5.69 Å². The van der Waals surface area contributed by atoms with Gasteiger partial charge in [0.1, 0.15) is 5.69 Å². The lowest BCUT2D eigenvalue weighted by Gasteiger charge is -2.09. The second-order valence-electron chi connectivity index (χ2n) is 4.46. The van der Waals surface area contributed by atoms with Crippen molar-refractivity contribution in [1.29, 1.82) is 0 Å². The van der Waals surface area contributed by atoms with Gasteiger partial charge in [0, 0.05) is 21.7 Å². The van der Waals surface area contributed by atoms with Gasteiger partial charge in [-0.3, -0.25) is 4.40 Å². The molecule has 3 rings (SSSR count). The third kappa shape index (κ3) is 2.41. The van der Waals surface area contributed by atoms with Crippen LogP contribution in [0.2, 0.25) is 0 Å². The maximum Gasteiger partial charge on any atom is 0.238 e. The number of aryl methyl sites for hydroxylation is 1. The lowest BCUT2D eigenvalue weighted by Crippen LogP contribution is -2.04.